The molecule has 3 rings (SSSR count). The Balaban J connectivity index is 1.96. The first-order valence-corrected chi connectivity index (χ1v) is 5.99. The normalized spacial score (nSPS) is 11.1. The molecule has 7 heteroatoms. The maximum absolute atomic E-state index is 4.34. The van der Waals surface area contributed by atoms with Gasteiger partial charge in [-0.1, -0.05) is 0 Å². The molecule has 0 aromatic carbocycles. The number of aromatic nitrogens is 6. The molecule has 3 heterocycles. The van der Waals surface area contributed by atoms with Crippen LogP contribution in [-0.2, 0) is 13.6 Å². The number of fused-ring (bicyclic) bond motifs is 1. The van der Waals surface area contributed by atoms with Crippen LogP contribution in [0.2, 0.25) is 0 Å². The van der Waals surface area contributed by atoms with Gasteiger partial charge in [0, 0.05) is 44.2 Å². The van der Waals surface area contributed by atoms with Crippen LogP contribution in [0.4, 0.5) is 5.82 Å². The van der Waals surface area contributed by atoms with E-state index in [2.05, 4.69) is 25.1 Å². The van der Waals surface area contributed by atoms with Crippen LogP contribution in [0.1, 0.15) is 11.3 Å². The lowest BCUT2D eigenvalue weighted by atomic mass is 10.3. The van der Waals surface area contributed by atoms with E-state index >= 15 is 0 Å². The van der Waals surface area contributed by atoms with Crippen LogP contribution < -0.4 is 4.90 Å². The number of hydrogen-bond donors (Lipinski definition) is 0. The van der Waals surface area contributed by atoms with E-state index in [1.807, 2.05) is 39.5 Å². The van der Waals surface area contributed by atoms with Gasteiger partial charge in [-0.2, -0.15) is 19.7 Å². The van der Waals surface area contributed by atoms with Crippen molar-refractivity contribution in [1.29, 1.82) is 0 Å². The van der Waals surface area contributed by atoms with Crippen molar-refractivity contribution in [2.75, 3.05) is 11.9 Å². The maximum Gasteiger partial charge on any atom is 0.254 e. The predicted molar refractivity (Wildman–Crippen MR) is 70.8 cm³/mol. The molecular formula is C12H15N7. The summed E-state index contributed by atoms with van der Waals surface area (Å²) in [5, 5.41) is 8.38. The van der Waals surface area contributed by atoms with Crippen molar-refractivity contribution in [2.45, 2.75) is 13.5 Å². The third kappa shape index (κ3) is 2.14. The smallest absolute Gasteiger partial charge is 0.254 e. The second-order valence-electron chi connectivity index (χ2n) is 4.61. The minimum absolute atomic E-state index is 0.619. The molecule has 0 spiro atoms. The third-order valence-corrected chi connectivity index (χ3v) is 2.93. The van der Waals surface area contributed by atoms with Gasteiger partial charge in [0.15, 0.2) is 0 Å². The van der Waals surface area contributed by atoms with Crippen molar-refractivity contribution in [1.82, 2.24) is 29.4 Å². The number of hydrogen-bond acceptors (Lipinski definition) is 5. The average Bonchev–Trinajstić information content (AvgIpc) is 2.96. The molecule has 0 radical (unpaired) electrons. The quantitative estimate of drug-likeness (QED) is 0.694. The van der Waals surface area contributed by atoms with E-state index in [0.29, 0.717) is 5.78 Å². The zero-order valence-electron chi connectivity index (χ0n) is 11.1. The molecule has 0 aliphatic carbocycles. The number of rotatable bonds is 3. The minimum Gasteiger partial charge on any atom is -0.355 e. The van der Waals surface area contributed by atoms with Gasteiger partial charge in [-0.3, -0.25) is 4.68 Å². The monoisotopic (exact) mass is 257 g/mol. The van der Waals surface area contributed by atoms with Crippen molar-refractivity contribution in [3.05, 3.63) is 36.0 Å². The zero-order chi connectivity index (χ0) is 13.4. The van der Waals surface area contributed by atoms with Gasteiger partial charge in [-0.25, -0.2) is 4.98 Å². The highest BCUT2D eigenvalue weighted by atomic mass is 15.4. The van der Waals surface area contributed by atoms with Gasteiger partial charge in [0.25, 0.3) is 5.78 Å². The first-order valence-electron chi connectivity index (χ1n) is 5.99. The number of aryl methyl sites for hydroxylation is 2. The fraction of sp³-hybridized carbons (Fsp3) is 0.333. The van der Waals surface area contributed by atoms with Crippen molar-refractivity contribution in [3.63, 3.8) is 0 Å². The first-order chi connectivity index (χ1) is 9.13. The van der Waals surface area contributed by atoms with Crippen LogP contribution in [0.15, 0.2) is 24.8 Å². The van der Waals surface area contributed by atoms with Gasteiger partial charge in [0.2, 0.25) is 0 Å². The summed E-state index contributed by atoms with van der Waals surface area (Å²) in [5.74, 6) is 1.58. The van der Waals surface area contributed by atoms with Crippen LogP contribution in [0.25, 0.3) is 5.78 Å². The molecule has 3 aromatic heterocycles. The van der Waals surface area contributed by atoms with Crippen LogP contribution in [0, 0.1) is 6.92 Å². The fourth-order valence-corrected chi connectivity index (χ4v) is 2.09. The maximum atomic E-state index is 4.34. The molecule has 0 aliphatic rings. The Morgan fingerprint density at radius 1 is 1.32 bits per heavy atom. The van der Waals surface area contributed by atoms with Crippen LogP contribution in [0.5, 0.6) is 0 Å². The summed E-state index contributed by atoms with van der Waals surface area (Å²) >= 11 is 0. The van der Waals surface area contributed by atoms with Gasteiger partial charge in [-0.15, -0.1) is 0 Å². The van der Waals surface area contributed by atoms with E-state index in [9.17, 15) is 0 Å². The van der Waals surface area contributed by atoms with Gasteiger partial charge in [0.05, 0.1) is 6.20 Å². The van der Waals surface area contributed by atoms with E-state index in [-0.39, 0.29) is 0 Å². The Kier molecular flexibility index (Phi) is 2.66. The summed E-state index contributed by atoms with van der Waals surface area (Å²) < 4.78 is 3.54. The van der Waals surface area contributed by atoms with Crippen LogP contribution >= 0.6 is 0 Å². The molecule has 0 fully saturated rings. The Morgan fingerprint density at radius 2 is 2.16 bits per heavy atom. The summed E-state index contributed by atoms with van der Waals surface area (Å²) in [5.41, 5.74) is 2.07. The summed E-state index contributed by atoms with van der Waals surface area (Å²) in [6.45, 7) is 2.71. The Hall–Kier alpha value is -2.44. The first kappa shape index (κ1) is 11.6. The van der Waals surface area contributed by atoms with Gasteiger partial charge in [0.1, 0.15) is 12.1 Å². The standard InChI is InChI=1S/C12H15N7/c1-9-4-11(19-12(16-9)13-8-15-19)17(2)6-10-5-14-18(3)7-10/h4-5,7-8H,6H2,1-3H3. The molecule has 0 saturated carbocycles. The van der Waals surface area contributed by atoms with Crippen molar-refractivity contribution in [2.24, 2.45) is 7.05 Å². The molecular weight excluding hydrogens is 242 g/mol. The fourth-order valence-electron chi connectivity index (χ4n) is 2.09. The molecule has 0 N–H and O–H groups in total. The highest BCUT2D eigenvalue weighted by Gasteiger charge is 2.11. The topological polar surface area (TPSA) is 64.1 Å². The largest absolute Gasteiger partial charge is 0.355 e. The molecule has 7 nitrogen and oxygen atoms in total. The predicted octanol–water partition coefficient (Wildman–Crippen LogP) is 0.803. The van der Waals surface area contributed by atoms with E-state index in [1.165, 1.54) is 6.33 Å². The second-order valence-corrected chi connectivity index (χ2v) is 4.61. The van der Waals surface area contributed by atoms with Crippen molar-refractivity contribution in [3.8, 4) is 0 Å². The van der Waals surface area contributed by atoms with E-state index in [1.54, 1.807) is 9.20 Å². The van der Waals surface area contributed by atoms with Crippen molar-refractivity contribution >= 4 is 11.6 Å². The Bertz CT molecular complexity index is 712. The molecule has 0 saturated heterocycles. The Morgan fingerprint density at radius 3 is 2.89 bits per heavy atom. The number of anilines is 1. The van der Waals surface area contributed by atoms with E-state index in [0.717, 1.165) is 23.6 Å². The summed E-state index contributed by atoms with van der Waals surface area (Å²) in [6, 6.07) is 2.00. The zero-order valence-corrected chi connectivity index (χ0v) is 11.1. The average molecular weight is 257 g/mol. The molecule has 0 amide bonds. The van der Waals surface area contributed by atoms with E-state index in [4.69, 9.17) is 0 Å². The van der Waals surface area contributed by atoms with Gasteiger partial charge < -0.3 is 4.90 Å². The van der Waals surface area contributed by atoms with Gasteiger partial charge in [-0.05, 0) is 6.92 Å². The molecule has 3 aromatic rings. The molecule has 98 valence electrons. The van der Waals surface area contributed by atoms with Crippen LogP contribution in [-0.4, -0.2) is 36.4 Å². The second kappa shape index (κ2) is 4.34. The van der Waals surface area contributed by atoms with E-state index < -0.39 is 0 Å². The molecule has 0 bridgehead atoms. The molecule has 0 unspecified atom stereocenters. The number of nitrogens with zero attached hydrogens (tertiary/aromatic N) is 7. The molecule has 0 aliphatic heterocycles. The highest BCUT2D eigenvalue weighted by Crippen LogP contribution is 2.16. The highest BCUT2D eigenvalue weighted by molar-refractivity contribution is 5.46. The molecule has 0 atom stereocenters. The molecule has 19 heavy (non-hydrogen) atoms. The summed E-state index contributed by atoms with van der Waals surface area (Å²) in [6.07, 6.45) is 5.38. The summed E-state index contributed by atoms with van der Waals surface area (Å²) in [7, 11) is 3.93. The van der Waals surface area contributed by atoms with Crippen molar-refractivity contribution < 1.29 is 0 Å². The Labute approximate surface area is 110 Å². The van der Waals surface area contributed by atoms with Crippen LogP contribution in [0.3, 0.4) is 0 Å². The summed E-state index contributed by atoms with van der Waals surface area (Å²) in [4.78, 5) is 10.6. The SMILES string of the molecule is Cc1cc(N(C)Cc2cnn(C)c2)n2ncnc2n1. The lowest BCUT2D eigenvalue weighted by molar-refractivity contribution is 0.765. The van der Waals surface area contributed by atoms with Gasteiger partial charge >= 0.3 is 0 Å². The lowest BCUT2D eigenvalue weighted by Gasteiger charge is -2.19. The lowest BCUT2D eigenvalue weighted by Crippen LogP contribution is -2.20. The third-order valence-electron chi connectivity index (χ3n) is 2.93. The minimum atomic E-state index is 0.619.